The number of hydrogen-bond acceptors (Lipinski definition) is 7. The topological polar surface area (TPSA) is 108 Å². The van der Waals surface area contributed by atoms with Gasteiger partial charge in [0.15, 0.2) is 0 Å². The molecular formula is C59H54ClF3N5NaO4. The van der Waals surface area contributed by atoms with Gasteiger partial charge in [-0.1, -0.05) is 121 Å². The Morgan fingerprint density at radius 2 is 1.01 bits per heavy atom. The molecule has 5 heterocycles. The van der Waals surface area contributed by atoms with Crippen molar-refractivity contribution in [2.24, 2.45) is 0 Å². The van der Waals surface area contributed by atoms with Gasteiger partial charge in [0.25, 0.3) is 0 Å². The van der Waals surface area contributed by atoms with Crippen LogP contribution in [0.25, 0.3) is 0 Å². The number of fused-ring (bicyclic) bond motifs is 3. The summed E-state index contributed by atoms with van der Waals surface area (Å²) in [5.74, 6) is -0.770. The van der Waals surface area contributed by atoms with Crippen molar-refractivity contribution in [1.29, 1.82) is 0 Å². The molecule has 0 fully saturated rings. The molecule has 0 bridgehead atoms. The van der Waals surface area contributed by atoms with Gasteiger partial charge in [-0.15, -0.1) is 0 Å². The van der Waals surface area contributed by atoms with Gasteiger partial charge in [0.1, 0.15) is 24.1 Å². The summed E-state index contributed by atoms with van der Waals surface area (Å²) in [5.41, 5.74) is 11.8. The van der Waals surface area contributed by atoms with Gasteiger partial charge in [0.2, 0.25) is 0 Å². The second-order valence-electron chi connectivity index (χ2n) is 17.3. The fraction of sp³-hybridized carbons (Fsp3) is 0.186. The minimum absolute atomic E-state index is 0. The number of carbonyl (C=O) groups is 2. The largest absolute Gasteiger partial charge is 1.00 e. The normalized spacial score (nSPS) is 16.1. The standard InChI is InChI=1S/C22H19FN2O2.C16H13ClFNO.C15H14FN.C6H7NO.Na.H/c23-19-9-7-18(8-10-19)21-20-6-2-1-5-17(20)11-13-25(21)22(26)27-15-16-4-3-12-24-14-16;17-16(20)19-10-9-11-3-1-2-4-14(11)15(19)12-5-7-13(18)8-6-12;16-13-7-5-12(6-8-13)15-14-4-2-1-3-11(14)9-10-17-15;8-5-6-2-1-3-7-4-6;;/h1-10,12,14,21H,11,13,15H2;1-8,15H,9-10H2;1-8,15,17H,9-10H2;1-4,8H,5H2;;/q;;;;+1;-1/t21-;2*15-;;;/m000.../s1. The van der Waals surface area contributed by atoms with Crippen molar-refractivity contribution in [2.45, 2.75) is 50.6 Å². The molecular weight excluding hydrogens is 958 g/mol. The fourth-order valence-corrected chi connectivity index (χ4v) is 9.37. The number of aromatic nitrogens is 2. The van der Waals surface area contributed by atoms with Gasteiger partial charge in [-0.2, -0.15) is 0 Å². The smallest absolute Gasteiger partial charge is 1.00 e. The number of benzene rings is 6. The monoisotopic (exact) mass is 1010 g/mol. The summed E-state index contributed by atoms with van der Waals surface area (Å²) in [6.45, 7) is 2.33. The first kappa shape index (κ1) is 54.1. The van der Waals surface area contributed by atoms with E-state index < -0.39 is 5.37 Å². The number of hydrogen-bond donors (Lipinski definition) is 2. The van der Waals surface area contributed by atoms with E-state index in [9.17, 15) is 22.8 Å². The van der Waals surface area contributed by atoms with Crippen LogP contribution < -0.4 is 34.9 Å². The van der Waals surface area contributed by atoms with Gasteiger partial charge >= 0.3 is 41.0 Å². The molecule has 0 radical (unpaired) electrons. The second kappa shape index (κ2) is 26.9. The van der Waals surface area contributed by atoms with Crippen LogP contribution in [0, 0.1) is 17.5 Å². The van der Waals surface area contributed by atoms with Crippen LogP contribution >= 0.6 is 11.6 Å². The van der Waals surface area contributed by atoms with E-state index in [0.717, 1.165) is 64.8 Å². The number of halogens is 4. The molecule has 2 aromatic heterocycles. The van der Waals surface area contributed by atoms with Crippen LogP contribution in [0.4, 0.5) is 22.8 Å². The van der Waals surface area contributed by atoms with Gasteiger partial charge in [-0.05, 0) is 135 Å². The summed E-state index contributed by atoms with van der Waals surface area (Å²) in [7, 11) is 0. The summed E-state index contributed by atoms with van der Waals surface area (Å²) < 4.78 is 45.0. The molecule has 73 heavy (non-hydrogen) atoms. The van der Waals surface area contributed by atoms with Gasteiger partial charge in [0.05, 0.1) is 24.7 Å². The molecule has 2 amide bonds. The predicted molar refractivity (Wildman–Crippen MR) is 274 cm³/mol. The molecule has 3 atom stereocenters. The first-order valence-corrected chi connectivity index (χ1v) is 24.1. The molecule has 368 valence electrons. The van der Waals surface area contributed by atoms with Crippen molar-refractivity contribution in [3.8, 4) is 0 Å². The van der Waals surface area contributed by atoms with Gasteiger partial charge in [-0.3, -0.25) is 19.7 Å². The minimum atomic E-state index is -0.478. The molecule has 11 rings (SSSR count). The third kappa shape index (κ3) is 14.3. The average Bonchev–Trinajstić information content (AvgIpc) is 3.43. The Labute approximate surface area is 452 Å². The van der Waals surface area contributed by atoms with E-state index in [4.69, 9.17) is 21.4 Å². The van der Waals surface area contributed by atoms with Crippen molar-refractivity contribution < 1.29 is 63.6 Å². The number of nitrogens with one attached hydrogen (secondary N) is 1. The van der Waals surface area contributed by atoms with E-state index in [2.05, 4.69) is 51.7 Å². The maximum absolute atomic E-state index is 13.4. The molecule has 0 spiro atoms. The molecule has 9 nitrogen and oxygen atoms in total. The first-order chi connectivity index (χ1) is 35.2. The Bertz CT molecular complexity index is 3020. The van der Waals surface area contributed by atoms with Crippen molar-refractivity contribution >= 4 is 23.1 Å². The Hall–Kier alpha value is -6.64. The van der Waals surface area contributed by atoms with Crippen LogP contribution in [-0.4, -0.2) is 56.0 Å². The Balaban J connectivity index is 0.000000169. The number of rotatable bonds is 6. The Morgan fingerprint density at radius 1 is 0.575 bits per heavy atom. The third-order valence-corrected chi connectivity index (χ3v) is 12.9. The molecule has 3 aliphatic heterocycles. The molecule has 8 aromatic rings. The predicted octanol–water partition coefficient (Wildman–Crippen LogP) is 9.39. The quantitative estimate of drug-likeness (QED) is 0.0972. The van der Waals surface area contributed by atoms with Crippen LogP contribution in [-0.2, 0) is 37.2 Å². The molecule has 0 unspecified atom stereocenters. The summed E-state index contributed by atoms with van der Waals surface area (Å²) in [5, 5.41) is 11.5. The van der Waals surface area contributed by atoms with Gasteiger partial charge in [0, 0.05) is 50.0 Å². The zero-order valence-corrected chi connectivity index (χ0v) is 43.1. The zero-order chi connectivity index (χ0) is 50.2. The van der Waals surface area contributed by atoms with Gasteiger partial charge in [-0.25, -0.2) is 18.0 Å². The van der Waals surface area contributed by atoms with Crippen LogP contribution in [0.5, 0.6) is 0 Å². The second-order valence-corrected chi connectivity index (χ2v) is 17.6. The van der Waals surface area contributed by atoms with E-state index in [1.807, 2.05) is 66.7 Å². The number of carbonyl (C=O) groups excluding carboxylic acids is 2. The van der Waals surface area contributed by atoms with Gasteiger partial charge < -0.3 is 21.5 Å². The molecule has 14 heteroatoms. The summed E-state index contributed by atoms with van der Waals surface area (Å²) in [6.07, 6.45) is 8.89. The SMILES string of the molecule is Fc1ccc([C@@H]2NCCc3ccccc32)cc1.O=C(Cl)N1CCc2ccccc2[C@@H]1c1ccc(F)cc1.O=C(OCc1cccnc1)N1CCc2ccccc2[C@@H]1c1ccc(F)cc1.OCc1cccnc1.[H-].[Na+]. The number of amides is 2. The van der Waals surface area contributed by atoms with Crippen molar-refractivity contribution in [1.82, 2.24) is 25.1 Å². The van der Waals surface area contributed by atoms with E-state index in [0.29, 0.717) is 13.1 Å². The molecule has 0 saturated carbocycles. The minimum Gasteiger partial charge on any atom is -1.00 e. The van der Waals surface area contributed by atoms with E-state index in [-0.39, 0.29) is 85.9 Å². The maximum Gasteiger partial charge on any atom is 1.00 e. The molecule has 3 aliphatic rings. The van der Waals surface area contributed by atoms with Crippen LogP contribution in [0.2, 0.25) is 0 Å². The number of pyridine rings is 2. The Kier molecular flexibility index (Phi) is 19.9. The number of aliphatic hydroxyl groups is 1. The molecule has 0 saturated heterocycles. The zero-order valence-electron chi connectivity index (χ0n) is 41.3. The average molecular weight is 1010 g/mol. The number of nitrogens with zero attached hydrogens (tertiary/aromatic N) is 4. The molecule has 2 N–H and O–H groups in total. The Morgan fingerprint density at radius 3 is 1.48 bits per heavy atom. The van der Waals surface area contributed by atoms with Crippen molar-refractivity contribution in [3.05, 3.63) is 273 Å². The summed E-state index contributed by atoms with van der Waals surface area (Å²) in [4.78, 5) is 35.7. The molecule has 6 aromatic carbocycles. The molecule has 0 aliphatic carbocycles. The maximum atomic E-state index is 13.4. The van der Waals surface area contributed by atoms with E-state index >= 15 is 0 Å². The van der Waals surface area contributed by atoms with Crippen LogP contribution in [0.1, 0.15) is 80.8 Å². The van der Waals surface area contributed by atoms with E-state index in [1.165, 1.54) is 58.7 Å². The summed E-state index contributed by atoms with van der Waals surface area (Å²) >= 11 is 5.71. The van der Waals surface area contributed by atoms with Crippen LogP contribution in [0.3, 0.4) is 0 Å². The number of ether oxygens (including phenoxy) is 1. The fourth-order valence-electron chi connectivity index (χ4n) is 9.19. The summed E-state index contributed by atoms with van der Waals surface area (Å²) in [6, 6.07) is 50.7. The third-order valence-electron chi connectivity index (χ3n) is 12.7. The van der Waals surface area contributed by atoms with Crippen molar-refractivity contribution in [2.75, 3.05) is 19.6 Å². The van der Waals surface area contributed by atoms with E-state index in [1.54, 1.807) is 64.9 Å². The first-order valence-electron chi connectivity index (χ1n) is 23.7. The van der Waals surface area contributed by atoms with Crippen LogP contribution in [0.15, 0.2) is 195 Å². The number of aliphatic hydroxyl groups excluding tert-OH is 1. The van der Waals surface area contributed by atoms with Crippen molar-refractivity contribution in [3.63, 3.8) is 0 Å².